The molecular weight excluding hydrogens is 282 g/mol. The number of likely N-dealkylation sites (tertiary alicyclic amines) is 1. The zero-order valence-corrected chi connectivity index (χ0v) is 12.8. The minimum atomic E-state index is -0.514. The molecule has 1 aliphatic heterocycles. The minimum Gasteiger partial charge on any atom is -0.467 e. The van der Waals surface area contributed by atoms with Gasteiger partial charge in [-0.1, -0.05) is 30.3 Å². The highest BCUT2D eigenvalue weighted by molar-refractivity contribution is 5.81. The van der Waals surface area contributed by atoms with Crippen LogP contribution in [-0.4, -0.2) is 36.7 Å². The fourth-order valence-electron chi connectivity index (χ4n) is 3.11. The lowest BCUT2D eigenvalue weighted by atomic mass is 9.90. The van der Waals surface area contributed by atoms with Crippen LogP contribution in [0.5, 0.6) is 0 Å². The van der Waals surface area contributed by atoms with E-state index in [-0.39, 0.29) is 18.0 Å². The molecule has 1 spiro atoms. The third-order valence-corrected chi connectivity index (χ3v) is 4.70. The molecule has 1 aromatic rings. The minimum absolute atomic E-state index is 0.219. The van der Waals surface area contributed by atoms with E-state index in [0.717, 1.165) is 24.8 Å². The number of carbonyl (C=O) groups is 2. The van der Waals surface area contributed by atoms with Gasteiger partial charge in [-0.25, -0.2) is 9.59 Å². The highest BCUT2D eigenvalue weighted by Crippen LogP contribution is 2.53. The van der Waals surface area contributed by atoms with E-state index in [1.165, 1.54) is 7.11 Å². The SMILES string of the molecule is COC(=O)[C@@H]1CCC2(CC2)CN1C(=O)OCc1ccccc1. The first-order chi connectivity index (χ1) is 10.6. The molecule has 118 valence electrons. The summed E-state index contributed by atoms with van der Waals surface area (Å²) in [6, 6.07) is 9.02. The van der Waals surface area contributed by atoms with Crippen LogP contribution in [0.3, 0.4) is 0 Å². The van der Waals surface area contributed by atoms with E-state index in [0.29, 0.717) is 13.0 Å². The van der Waals surface area contributed by atoms with Gasteiger partial charge in [0.1, 0.15) is 12.6 Å². The molecule has 5 heteroatoms. The van der Waals surface area contributed by atoms with Crippen LogP contribution in [-0.2, 0) is 20.9 Å². The zero-order chi connectivity index (χ0) is 15.6. The molecule has 0 unspecified atom stereocenters. The Morgan fingerprint density at radius 3 is 2.59 bits per heavy atom. The van der Waals surface area contributed by atoms with Crippen molar-refractivity contribution in [3.05, 3.63) is 35.9 Å². The molecule has 5 nitrogen and oxygen atoms in total. The van der Waals surface area contributed by atoms with Gasteiger partial charge in [-0.3, -0.25) is 4.90 Å². The van der Waals surface area contributed by atoms with Crippen molar-refractivity contribution in [1.82, 2.24) is 4.90 Å². The predicted octanol–water partition coefficient (Wildman–Crippen LogP) is 2.74. The monoisotopic (exact) mass is 303 g/mol. The van der Waals surface area contributed by atoms with Gasteiger partial charge in [0.25, 0.3) is 0 Å². The lowest BCUT2D eigenvalue weighted by Crippen LogP contribution is -2.51. The molecule has 0 N–H and O–H groups in total. The number of esters is 1. The maximum absolute atomic E-state index is 12.4. The Morgan fingerprint density at radius 1 is 1.23 bits per heavy atom. The van der Waals surface area contributed by atoms with Crippen LogP contribution in [0.25, 0.3) is 0 Å². The molecule has 0 aromatic heterocycles. The summed E-state index contributed by atoms with van der Waals surface area (Å²) in [5, 5.41) is 0. The highest BCUT2D eigenvalue weighted by Gasteiger charge is 2.51. The number of amides is 1. The average molecular weight is 303 g/mol. The van der Waals surface area contributed by atoms with Crippen LogP contribution in [0.15, 0.2) is 30.3 Å². The summed E-state index contributed by atoms with van der Waals surface area (Å²) < 4.78 is 10.2. The molecule has 1 saturated carbocycles. The number of hydrogen-bond donors (Lipinski definition) is 0. The van der Waals surface area contributed by atoms with Crippen molar-refractivity contribution in [2.45, 2.75) is 38.3 Å². The standard InChI is InChI=1S/C17H21NO4/c1-21-15(19)14-7-8-17(9-10-17)12-18(14)16(20)22-11-13-5-3-2-4-6-13/h2-6,14H,7-12H2,1H3/t14-/m0/s1. The summed E-state index contributed by atoms with van der Waals surface area (Å²) in [5.74, 6) is -0.354. The lowest BCUT2D eigenvalue weighted by Gasteiger charge is -2.37. The number of piperidine rings is 1. The van der Waals surface area contributed by atoms with Crippen molar-refractivity contribution < 1.29 is 19.1 Å². The van der Waals surface area contributed by atoms with Crippen LogP contribution in [0.4, 0.5) is 4.79 Å². The molecule has 3 rings (SSSR count). The second-order valence-corrected chi connectivity index (χ2v) is 6.25. The first-order valence-electron chi connectivity index (χ1n) is 7.69. The maximum atomic E-state index is 12.4. The molecule has 1 saturated heterocycles. The number of benzene rings is 1. The van der Waals surface area contributed by atoms with Gasteiger partial charge in [0.2, 0.25) is 0 Å². The van der Waals surface area contributed by atoms with E-state index >= 15 is 0 Å². The quantitative estimate of drug-likeness (QED) is 0.806. The van der Waals surface area contributed by atoms with Crippen LogP contribution in [0.1, 0.15) is 31.2 Å². The van der Waals surface area contributed by atoms with Gasteiger partial charge in [-0.2, -0.15) is 0 Å². The molecule has 2 aliphatic rings. The molecule has 1 atom stereocenters. The summed E-state index contributed by atoms with van der Waals surface area (Å²) in [4.78, 5) is 25.9. The number of methoxy groups -OCH3 is 1. The molecule has 0 radical (unpaired) electrons. The largest absolute Gasteiger partial charge is 0.467 e. The lowest BCUT2D eigenvalue weighted by molar-refractivity contribution is -0.148. The zero-order valence-electron chi connectivity index (χ0n) is 12.8. The van der Waals surface area contributed by atoms with Crippen molar-refractivity contribution in [2.75, 3.05) is 13.7 Å². The average Bonchev–Trinajstić information content (AvgIpc) is 3.31. The fourth-order valence-corrected chi connectivity index (χ4v) is 3.11. The Bertz CT molecular complexity index is 553. The molecule has 22 heavy (non-hydrogen) atoms. The van der Waals surface area contributed by atoms with Crippen molar-refractivity contribution in [1.29, 1.82) is 0 Å². The van der Waals surface area contributed by atoms with Crippen LogP contribution >= 0.6 is 0 Å². The van der Waals surface area contributed by atoms with Crippen LogP contribution < -0.4 is 0 Å². The van der Waals surface area contributed by atoms with Gasteiger partial charge in [0, 0.05) is 6.54 Å². The molecule has 1 heterocycles. The molecule has 1 aliphatic carbocycles. The number of rotatable bonds is 3. The summed E-state index contributed by atoms with van der Waals surface area (Å²) in [7, 11) is 1.36. The van der Waals surface area contributed by atoms with Crippen LogP contribution in [0.2, 0.25) is 0 Å². The Balaban J connectivity index is 1.65. The molecule has 0 bridgehead atoms. The fraction of sp³-hybridized carbons (Fsp3) is 0.529. The smallest absolute Gasteiger partial charge is 0.410 e. The van der Waals surface area contributed by atoms with Crippen molar-refractivity contribution in [3.63, 3.8) is 0 Å². The Hall–Kier alpha value is -2.04. The third kappa shape index (κ3) is 3.08. The summed E-state index contributed by atoms with van der Waals surface area (Å²) in [6.45, 7) is 0.817. The van der Waals surface area contributed by atoms with E-state index in [2.05, 4.69) is 0 Å². The van der Waals surface area contributed by atoms with E-state index < -0.39 is 12.1 Å². The second-order valence-electron chi connectivity index (χ2n) is 6.25. The highest BCUT2D eigenvalue weighted by atomic mass is 16.6. The topological polar surface area (TPSA) is 55.8 Å². The van der Waals surface area contributed by atoms with Gasteiger partial charge in [0.15, 0.2) is 0 Å². The van der Waals surface area contributed by atoms with Gasteiger partial charge in [-0.05, 0) is 36.7 Å². The normalized spacial score (nSPS) is 22.2. The summed E-state index contributed by atoms with van der Waals surface area (Å²) >= 11 is 0. The van der Waals surface area contributed by atoms with E-state index in [4.69, 9.17) is 9.47 Å². The summed E-state index contributed by atoms with van der Waals surface area (Å²) in [6.07, 6.45) is 3.47. The van der Waals surface area contributed by atoms with Gasteiger partial charge in [0.05, 0.1) is 7.11 Å². The van der Waals surface area contributed by atoms with Crippen molar-refractivity contribution >= 4 is 12.1 Å². The van der Waals surface area contributed by atoms with Crippen LogP contribution in [0, 0.1) is 5.41 Å². The van der Waals surface area contributed by atoms with Gasteiger partial charge < -0.3 is 9.47 Å². The number of hydrogen-bond acceptors (Lipinski definition) is 4. The van der Waals surface area contributed by atoms with E-state index in [1.807, 2.05) is 30.3 Å². The van der Waals surface area contributed by atoms with Crippen molar-refractivity contribution in [2.24, 2.45) is 5.41 Å². The van der Waals surface area contributed by atoms with E-state index in [9.17, 15) is 9.59 Å². The van der Waals surface area contributed by atoms with Gasteiger partial charge >= 0.3 is 12.1 Å². The number of carbonyl (C=O) groups excluding carboxylic acids is 2. The van der Waals surface area contributed by atoms with E-state index in [1.54, 1.807) is 4.90 Å². The van der Waals surface area contributed by atoms with Gasteiger partial charge in [-0.15, -0.1) is 0 Å². The first-order valence-corrected chi connectivity index (χ1v) is 7.69. The Morgan fingerprint density at radius 2 is 1.95 bits per heavy atom. The Labute approximate surface area is 130 Å². The summed E-state index contributed by atoms with van der Waals surface area (Å²) in [5.41, 5.74) is 1.15. The maximum Gasteiger partial charge on any atom is 0.410 e. The Kier molecular flexibility index (Phi) is 4.05. The molecule has 1 aromatic carbocycles. The molecule has 2 fully saturated rings. The number of ether oxygens (including phenoxy) is 2. The number of nitrogens with zero attached hydrogens (tertiary/aromatic N) is 1. The molecule has 1 amide bonds. The molecular formula is C17H21NO4. The third-order valence-electron chi connectivity index (χ3n) is 4.70. The van der Waals surface area contributed by atoms with Crippen molar-refractivity contribution in [3.8, 4) is 0 Å². The predicted molar refractivity (Wildman–Crippen MR) is 80.0 cm³/mol. The first kappa shape index (κ1) is 14.9. The second kappa shape index (κ2) is 5.99.